The van der Waals surface area contributed by atoms with E-state index in [9.17, 15) is 0 Å². The van der Waals surface area contributed by atoms with Crippen molar-refractivity contribution in [2.45, 2.75) is 20.4 Å². The van der Waals surface area contributed by atoms with Crippen LogP contribution in [0.15, 0.2) is 115 Å². The fraction of sp³-hybridized carbons (Fsp3) is 0.120. The Labute approximate surface area is 168 Å². The molecule has 1 heterocycles. The summed E-state index contributed by atoms with van der Waals surface area (Å²) < 4.78 is 0. The van der Waals surface area contributed by atoms with E-state index in [4.69, 9.17) is 0 Å². The normalized spacial score (nSPS) is 13.5. The highest BCUT2D eigenvalue weighted by Gasteiger charge is 2.18. The van der Waals surface area contributed by atoms with Gasteiger partial charge in [-0.3, -0.25) is 0 Å². The lowest BCUT2D eigenvalue weighted by Gasteiger charge is -2.30. The molecule has 0 amide bonds. The van der Waals surface area contributed by atoms with E-state index >= 15 is 0 Å². The lowest BCUT2D eigenvalue weighted by atomic mass is 10.0. The molecule has 3 nitrogen and oxygen atoms in total. The van der Waals surface area contributed by atoms with Crippen LogP contribution in [0.4, 0.5) is 11.4 Å². The minimum absolute atomic E-state index is 0.781. The molecule has 142 valence electrons. The topological polar surface area (TPSA) is 27.3 Å². The second-order valence-corrected chi connectivity index (χ2v) is 7.08. The van der Waals surface area contributed by atoms with Crippen LogP contribution in [0.25, 0.3) is 0 Å². The summed E-state index contributed by atoms with van der Waals surface area (Å²) >= 11 is 0. The first-order valence-corrected chi connectivity index (χ1v) is 9.31. The predicted octanol–water partition coefficient (Wildman–Crippen LogP) is 6.42. The van der Waals surface area contributed by atoms with Crippen LogP contribution in [-0.4, -0.2) is 4.90 Å². The Balaban J connectivity index is 1.71. The second-order valence-electron chi connectivity index (χ2n) is 7.08. The van der Waals surface area contributed by atoms with Gasteiger partial charge in [0.15, 0.2) is 0 Å². The zero-order valence-corrected chi connectivity index (χ0v) is 16.6. The summed E-state index contributed by atoms with van der Waals surface area (Å²) in [6, 6.07) is 18.5. The first-order chi connectivity index (χ1) is 13.4. The van der Waals surface area contributed by atoms with E-state index in [0.29, 0.717) is 0 Å². The summed E-state index contributed by atoms with van der Waals surface area (Å²) in [4.78, 5) is 2.17. The molecule has 2 aromatic carbocycles. The molecule has 1 aliphatic rings. The Hall–Kier alpha value is -3.46. The molecule has 28 heavy (non-hydrogen) atoms. The molecule has 3 heteroatoms. The number of allylic oxidation sites excluding steroid dienone is 3. The van der Waals surface area contributed by atoms with Gasteiger partial charge in [0.25, 0.3) is 0 Å². The molecule has 0 saturated heterocycles. The molecule has 0 bridgehead atoms. The number of benzene rings is 2. The molecule has 0 unspecified atom stereocenters. The molecular weight excluding hydrogens is 342 g/mol. The summed E-state index contributed by atoms with van der Waals surface area (Å²) in [6.07, 6.45) is 4.25. The monoisotopic (exact) mass is 369 g/mol. The van der Waals surface area contributed by atoms with Crippen molar-refractivity contribution >= 4 is 11.4 Å². The Kier molecular flexibility index (Phi) is 5.85. The van der Waals surface area contributed by atoms with Crippen molar-refractivity contribution < 1.29 is 0 Å². The fourth-order valence-corrected chi connectivity index (χ4v) is 3.13. The molecule has 0 atom stereocenters. The van der Waals surface area contributed by atoms with Crippen molar-refractivity contribution in [3.63, 3.8) is 0 Å². The Morgan fingerprint density at radius 2 is 1.54 bits per heavy atom. The SMILES string of the molecule is C=C(C)Nc1ccc(NC(=C)C2=CC(C)=CN(Cc3ccccc3)C2=C)cc1. The molecule has 1 aliphatic heterocycles. The van der Waals surface area contributed by atoms with Crippen LogP contribution >= 0.6 is 0 Å². The van der Waals surface area contributed by atoms with Gasteiger partial charge < -0.3 is 15.5 Å². The van der Waals surface area contributed by atoms with Crippen LogP contribution < -0.4 is 10.6 Å². The Bertz CT molecular complexity index is 947. The van der Waals surface area contributed by atoms with Gasteiger partial charge >= 0.3 is 0 Å². The maximum Gasteiger partial charge on any atom is 0.0476 e. The zero-order chi connectivity index (χ0) is 20.1. The maximum atomic E-state index is 4.31. The number of rotatable bonds is 7. The van der Waals surface area contributed by atoms with Gasteiger partial charge in [-0.25, -0.2) is 0 Å². The van der Waals surface area contributed by atoms with Crippen molar-refractivity contribution in [1.29, 1.82) is 0 Å². The average molecular weight is 370 g/mol. The van der Waals surface area contributed by atoms with Gasteiger partial charge in [0, 0.05) is 46.8 Å². The molecular formula is C25H27N3. The molecule has 3 rings (SSSR count). The first kappa shape index (κ1) is 19.3. The van der Waals surface area contributed by atoms with E-state index in [1.54, 1.807) is 0 Å². The highest BCUT2D eigenvalue weighted by Crippen LogP contribution is 2.30. The lowest BCUT2D eigenvalue weighted by molar-refractivity contribution is 0.462. The molecule has 0 saturated carbocycles. The molecule has 0 radical (unpaired) electrons. The molecule has 0 aromatic heterocycles. The first-order valence-electron chi connectivity index (χ1n) is 9.31. The number of hydrogen-bond donors (Lipinski definition) is 2. The van der Waals surface area contributed by atoms with Gasteiger partial charge in [0.05, 0.1) is 0 Å². The summed E-state index contributed by atoms with van der Waals surface area (Å²) in [5.74, 6) is 0. The van der Waals surface area contributed by atoms with E-state index in [1.807, 2.05) is 37.3 Å². The summed E-state index contributed by atoms with van der Waals surface area (Å²) in [7, 11) is 0. The quantitative estimate of drug-likeness (QED) is 0.590. The highest BCUT2D eigenvalue weighted by molar-refractivity contribution is 5.62. The average Bonchev–Trinajstić information content (AvgIpc) is 2.66. The van der Waals surface area contributed by atoms with Crippen molar-refractivity contribution in [2.24, 2.45) is 0 Å². The van der Waals surface area contributed by atoms with Crippen LogP contribution in [0.3, 0.4) is 0 Å². The third-order valence-corrected chi connectivity index (χ3v) is 4.45. The Morgan fingerprint density at radius 1 is 0.929 bits per heavy atom. The van der Waals surface area contributed by atoms with E-state index in [0.717, 1.165) is 40.6 Å². The fourth-order valence-electron chi connectivity index (χ4n) is 3.13. The smallest absolute Gasteiger partial charge is 0.0476 e. The molecule has 0 spiro atoms. The Morgan fingerprint density at radius 3 is 2.14 bits per heavy atom. The van der Waals surface area contributed by atoms with E-state index in [2.05, 4.69) is 78.7 Å². The molecule has 0 aliphatic carbocycles. The van der Waals surface area contributed by atoms with Crippen LogP contribution in [0, 0.1) is 0 Å². The standard InChI is InChI=1S/C25H27N3/c1-18(2)26-23-11-13-24(14-12-23)27-20(4)25-15-19(3)16-28(21(25)5)17-22-9-7-6-8-10-22/h6-16,26-27H,1,4-5,17H2,2-3H3. The van der Waals surface area contributed by atoms with Crippen LogP contribution in [-0.2, 0) is 6.54 Å². The third kappa shape index (κ3) is 4.83. The number of anilines is 2. The van der Waals surface area contributed by atoms with Crippen LogP contribution in [0.5, 0.6) is 0 Å². The lowest BCUT2D eigenvalue weighted by Crippen LogP contribution is -2.22. The van der Waals surface area contributed by atoms with Crippen molar-refractivity contribution in [3.8, 4) is 0 Å². The number of nitrogens with one attached hydrogen (secondary N) is 2. The maximum absolute atomic E-state index is 4.31. The third-order valence-electron chi connectivity index (χ3n) is 4.45. The summed E-state index contributed by atoms with van der Waals surface area (Å²) in [5.41, 5.74) is 8.10. The number of hydrogen-bond acceptors (Lipinski definition) is 3. The van der Waals surface area contributed by atoms with Crippen molar-refractivity contribution in [1.82, 2.24) is 4.90 Å². The van der Waals surface area contributed by atoms with Crippen molar-refractivity contribution in [2.75, 3.05) is 10.6 Å². The molecule has 0 fully saturated rings. The molecule has 2 aromatic rings. The summed E-state index contributed by atoms with van der Waals surface area (Å²) in [6.45, 7) is 17.2. The van der Waals surface area contributed by atoms with E-state index in [1.165, 1.54) is 11.1 Å². The van der Waals surface area contributed by atoms with Gasteiger partial charge in [-0.2, -0.15) is 0 Å². The van der Waals surface area contributed by atoms with Gasteiger partial charge in [0.2, 0.25) is 0 Å². The molecule has 2 N–H and O–H groups in total. The summed E-state index contributed by atoms with van der Waals surface area (Å²) in [5, 5.41) is 6.61. The minimum atomic E-state index is 0.781. The van der Waals surface area contributed by atoms with Gasteiger partial charge in [-0.15, -0.1) is 0 Å². The highest BCUT2D eigenvalue weighted by atomic mass is 15.1. The predicted molar refractivity (Wildman–Crippen MR) is 121 cm³/mol. The zero-order valence-electron chi connectivity index (χ0n) is 16.6. The van der Waals surface area contributed by atoms with Gasteiger partial charge in [-0.05, 0) is 55.3 Å². The van der Waals surface area contributed by atoms with Crippen molar-refractivity contribution in [3.05, 3.63) is 120 Å². The largest absolute Gasteiger partial charge is 0.360 e. The second kappa shape index (κ2) is 8.49. The van der Waals surface area contributed by atoms with Crippen LogP contribution in [0.1, 0.15) is 19.4 Å². The van der Waals surface area contributed by atoms with E-state index in [-0.39, 0.29) is 0 Å². The minimum Gasteiger partial charge on any atom is -0.360 e. The van der Waals surface area contributed by atoms with Gasteiger partial charge in [-0.1, -0.05) is 50.1 Å². The van der Waals surface area contributed by atoms with Gasteiger partial charge in [0.1, 0.15) is 0 Å². The number of nitrogens with zero attached hydrogens (tertiary/aromatic N) is 1. The van der Waals surface area contributed by atoms with Crippen LogP contribution in [0.2, 0.25) is 0 Å². The van der Waals surface area contributed by atoms with E-state index < -0.39 is 0 Å².